The van der Waals surface area contributed by atoms with Gasteiger partial charge in [0.05, 0.1) is 12.7 Å². The SMILES string of the molecule is CC1COC(c2ccc(Br)cc2)CN1. The molecule has 0 radical (unpaired) electrons. The minimum absolute atomic E-state index is 0.208. The number of morpholine rings is 1. The average molecular weight is 256 g/mol. The fourth-order valence-corrected chi connectivity index (χ4v) is 1.84. The second kappa shape index (κ2) is 4.43. The Morgan fingerprint density at radius 2 is 2.07 bits per heavy atom. The number of ether oxygens (including phenoxy) is 1. The lowest BCUT2D eigenvalue weighted by Gasteiger charge is -2.28. The van der Waals surface area contributed by atoms with Gasteiger partial charge in [-0.25, -0.2) is 0 Å². The zero-order valence-corrected chi connectivity index (χ0v) is 9.75. The van der Waals surface area contributed by atoms with E-state index in [4.69, 9.17) is 4.74 Å². The van der Waals surface area contributed by atoms with Crippen LogP contribution in [0.3, 0.4) is 0 Å². The Labute approximate surface area is 92.8 Å². The first-order valence-electron chi connectivity index (χ1n) is 4.86. The van der Waals surface area contributed by atoms with E-state index in [1.165, 1.54) is 5.56 Å². The highest BCUT2D eigenvalue weighted by Gasteiger charge is 2.18. The summed E-state index contributed by atoms with van der Waals surface area (Å²) in [6.45, 7) is 3.83. The summed E-state index contributed by atoms with van der Waals surface area (Å²) in [5.74, 6) is 0. The van der Waals surface area contributed by atoms with Crippen molar-refractivity contribution in [3.05, 3.63) is 34.3 Å². The highest BCUT2D eigenvalue weighted by molar-refractivity contribution is 9.10. The van der Waals surface area contributed by atoms with E-state index in [9.17, 15) is 0 Å². The quantitative estimate of drug-likeness (QED) is 0.833. The van der Waals surface area contributed by atoms with Crippen molar-refractivity contribution in [2.75, 3.05) is 13.2 Å². The molecule has 0 spiro atoms. The van der Waals surface area contributed by atoms with E-state index in [0.717, 1.165) is 17.6 Å². The van der Waals surface area contributed by atoms with Crippen molar-refractivity contribution < 1.29 is 4.74 Å². The maximum absolute atomic E-state index is 5.74. The maximum atomic E-state index is 5.74. The second-order valence-electron chi connectivity index (χ2n) is 3.68. The summed E-state index contributed by atoms with van der Waals surface area (Å²) in [7, 11) is 0. The smallest absolute Gasteiger partial charge is 0.0950 e. The molecule has 1 saturated heterocycles. The van der Waals surface area contributed by atoms with Gasteiger partial charge >= 0.3 is 0 Å². The molecule has 1 fully saturated rings. The van der Waals surface area contributed by atoms with Crippen LogP contribution >= 0.6 is 15.9 Å². The molecule has 1 aromatic rings. The molecular formula is C11H14BrNO. The van der Waals surface area contributed by atoms with Crippen molar-refractivity contribution >= 4 is 15.9 Å². The molecular weight excluding hydrogens is 242 g/mol. The van der Waals surface area contributed by atoms with Gasteiger partial charge in [0.2, 0.25) is 0 Å². The number of rotatable bonds is 1. The molecule has 1 aliphatic heterocycles. The van der Waals surface area contributed by atoms with Crippen LogP contribution in [0.15, 0.2) is 28.7 Å². The summed E-state index contributed by atoms with van der Waals surface area (Å²) >= 11 is 3.42. The Morgan fingerprint density at radius 1 is 1.36 bits per heavy atom. The third-order valence-corrected chi connectivity index (χ3v) is 2.97. The summed E-state index contributed by atoms with van der Waals surface area (Å²) < 4.78 is 6.85. The molecule has 3 heteroatoms. The van der Waals surface area contributed by atoms with Gasteiger partial charge in [-0.3, -0.25) is 0 Å². The van der Waals surface area contributed by atoms with E-state index in [0.29, 0.717) is 6.04 Å². The molecule has 0 aliphatic carbocycles. The van der Waals surface area contributed by atoms with Gasteiger partial charge in [-0.2, -0.15) is 0 Å². The molecule has 2 nitrogen and oxygen atoms in total. The molecule has 1 heterocycles. The summed E-state index contributed by atoms with van der Waals surface area (Å²) in [4.78, 5) is 0. The molecule has 2 unspecified atom stereocenters. The summed E-state index contributed by atoms with van der Waals surface area (Å²) in [6, 6.07) is 8.79. The molecule has 1 N–H and O–H groups in total. The monoisotopic (exact) mass is 255 g/mol. The van der Waals surface area contributed by atoms with Gasteiger partial charge in [0, 0.05) is 17.1 Å². The lowest BCUT2D eigenvalue weighted by Crippen LogP contribution is -2.40. The van der Waals surface area contributed by atoms with Crippen LogP contribution in [0, 0.1) is 0 Å². The fraction of sp³-hybridized carbons (Fsp3) is 0.455. The number of hydrogen-bond donors (Lipinski definition) is 1. The van der Waals surface area contributed by atoms with Gasteiger partial charge in [-0.15, -0.1) is 0 Å². The van der Waals surface area contributed by atoms with Crippen LogP contribution in [0.25, 0.3) is 0 Å². The first-order chi connectivity index (χ1) is 6.75. The van der Waals surface area contributed by atoms with Crippen molar-refractivity contribution in [2.45, 2.75) is 19.1 Å². The Morgan fingerprint density at radius 3 is 2.64 bits per heavy atom. The van der Waals surface area contributed by atoms with Crippen LogP contribution in [-0.4, -0.2) is 19.2 Å². The Kier molecular flexibility index (Phi) is 3.21. The molecule has 0 saturated carbocycles. The number of nitrogens with one attached hydrogen (secondary N) is 1. The van der Waals surface area contributed by atoms with Crippen molar-refractivity contribution in [3.63, 3.8) is 0 Å². The zero-order valence-electron chi connectivity index (χ0n) is 8.16. The van der Waals surface area contributed by atoms with Crippen molar-refractivity contribution in [2.24, 2.45) is 0 Å². The number of hydrogen-bond acceptors (Lipinski definition) is 2. The van der Waals surface area contributed by atoms with Crippen LogP contribution in [0.2, 0.25) is 0 Å². The van der Waals surface area contributed by atoms with E-state index >= 15 is 0 Å². The Balaban J connectivity index is 2.05. The van der Waals surface area contributed by atoms with Crippen LogP contribution in [0.5, 0.6) is 0 Å². The Hall–Kier alpha value is -0.380. The standard InChI is InChI=1S/C11H14BrNO/c1-8-7-14-11(6-13-8)9-2-4-10(12)5-3-9/h2-5,8,11,13H,6-7H2,1H3. The van der Waals surface area contributed by atoms with Crippen LogP contribution in [-0.2, 0) is 4.74 Å². The first-order valence-corrected chi connectivity index (χ1v) is 5.65. The van der Waals surface area contributed by atoms with E-state index in [-0.39, 0.29) is 6.10 Å². The predicted octanol–water partition coefficient (Wildman–Crippen LogP) is 2.50. The van der Waals surface area contributed by atoms with Gasteiger partial charge in [0.15, 0.2) is 0 Å². The van der Waals surface area contributed by atoms with E-state index < -0.39 is 0 Å². The highest BCUT2D eigenvalue weighted by Crippen LogP contribution is 2.21. The predicted molar refractivity (Wildman–Crippen MR) is 60.3 cm³/mol. The molecule has 76 valence electrons. The highest BCUT2D eigenvalue weighted by atomic mass is 79.9. The molecule has 0 bridgehead atoms. The average Bonchev–Trinajstić information content (AvgIpc) is 2.21. The third-order valence-electron chi connectivity index (χ3n) is 2.44. The summed E-state index contributed by atoms with van der Waals surface area (Å²) in [5, 5.41) is 3.41. The minimum atomic E-state index is 0.208. The van der Waals surface area contributed by atoms with E-state index in [1.54, 1.807) is 0 Å². The first kappa shape index (κ1) is 10.1. The normalized spacial score (nSPS) is 27.6. The van der Waals surface area contributed by atoms with Crippen molar-refractivity contribution in [1.29, 1.82) is 0 Å². The van der Waals surface area contributed by atoms with Crippen LogP contribution in [0.1, 0.15) is 18.6 Å². The molecule has 0 aromatic heterocycles. The van der Waals surface area contributed by atoms with E-state index in [1.807, 2.05) is 0 Å². The number of benzene rings is 1. The zero-order chi connectivity index (χ0) is 9.97. The summed E-state index contributed by atoms with van der Waals surface area (Å²) in [6.07, 6.45) is 0.208. The third kappa shape index (κ3) is 2.35. The number of halogens is 1. The lowest BCUT2D eigenvalue weighted by molar-refractivity contribution is 0.00695. The summed E-state index contributed by atoms with van der Waals surface area (Å²) in [5.41, 5.74) is 1.24. The van der Waals surface area contributed by atoms with Crippen molar-refractivity contribution in [1.82, 2.24) is 5.32 Å². The molecule has 2 rings (SSSR count). The van der Waals surface area contributed by atoms with Gasteiger partial charge < -0.3 is 10.1 Å². The van der Waals surface area contributed by atoms with E-state index in [2.05, 4.69) is 52.4 Å². The maximum Gasteiger partial charge on any atom is 0.0950 e. The molecule has 2 atom stereocenters. The molecule has 14 heavy (non-hydrogen) atoms. The van der Waals surface area contributed by atoms with Gasteiger partial charge in [-0.1, -0.05) is 28.1 Å². The van der Waals surface area contributed by atoms with Crippen LogP contribution < -0.4 is 5.32 Å². The molecule has 1 aliphatic rings. The molecule has 1 aromatic carbocycles. The largest absolute Gasteiger partial charge is 0.371 e. The Bertz CT molecular complexity index is 291. The van der Waals surface area contributed by atoms with Gasteiger partial charge in [-0.05, 0) is 24.6 Å². The fourth-order valence-electron chi connectivity index (χ4n) is 1.58. The van der Waals surface area contributed by atoms with Gasteiger partial charge in [0.25, 0.3) is 0 Å². The van der Waals surface area contributed by atoms with Gasteiger partial charge in [0.1, 0.15) is 0 Å². The minimum Gasteiger partial charge on any atom is -0.371 e. The molecule has 0 amide bonds. The second-order valence-corrected chi connectivity index (χ2v) is 4.60. The lowest BCUT2D eigenvalue weighted by atomic mass is 10.1. The van der Waals surface area contributed by atoms with Crippen LogP contribution in [0.4, 0.5) is 0 Å². The topological polar surface area (TPSA) is 21.3 Å². The van der Waals surface area contributed by atoms with Crippen molar-refractivity contribution in [3.8, 4) is 0 Å².